The Bertz CT molecular complexity index is 1360. The van der Waals surface area contributed by atoms with E-state index in [-0.39, 0.29) is 35.3 Å². The minimum absolute atomic E-state index is 0.0331. The number of hydrogen-bond acceptors (Lipinski definition) is 6. The second kappa shape index (κ2) is 7.22. The maximum atomic E-state index is 12.8. The Morgan fingerprint density at radius 2 is 1.90 bits per heavy atom. The van der Waals surface area contributed by atoms with Crippen molar-refractivity contribution in [2.75, 3.05) is 18.6 Å². The van der Waals surface area contributed by atoms with Gasteiger partial charge in [-0.15, -0.1) is 0 Å². The van der Waals surface area contributed by atoms with E-state index in [0.29, 0.717) is 28.7 Å². The number of carbonyl (C=O) groups excluding carboxylic acids is 1. The van der Waals surface area contributed by atoms with Gasteiger partial charge < -0.3 is 13.7 Å². The van der Waals surface area contributed by atoms with E-state index in [1.165, 1.54) is 4.90 Å². The van der Waals surface area contributed by atoms with Crippen molar-refractivity contribution in [1.82, 2.24) is 4.90 Å². The maximum Gasteiger partial charge on any atom is 0.340 e. The van der Waals surface area contributed by atoms with E-state index < -0.39 is 15.5 Å². The number of amides is 1. The third-order valence-corrected chi connectivity index (χ3v) is 8.02. The van der Waals surface area contributed by atoms with E-state index >= 15 is 0 Å². The predicted octanol–water partition coefficient (Wildman–Crippen LogP) is 3.33. The minimum atomic E-state index is -3.11. The Morgan fingerprint density at radius 3 is 2.52 bits per heavy atom. The van der Waals surface area contributed by atoms with E-state index in [0.717, 1.165) is 16.3 Å². The van der Waals surface area contributed by atoms with Crippen LogP contribution in [0.3, 0.4) is 0 Å². The molecule has 166 valence electrons. The van der Waals surface area contributed by atoms with Gasteiger partial charge in [0.15, 0.2) is 9.84 Å². The van der Waals surface area contributed by atoms with Crippen LogP contribution in [0.25, 0.3) is 21.9 Å². The molecule has 0 N–H and O–H groups in total. The van der Waals surface area contributed by atoms with Crippen LogP contribution < -0.4 is 5.63 Å². The third kappa shape index (κ3) is 3.89. The first kappa shape index (κ1) is 21.6. The van der Waals surface area contributed by atoms with Gasteiger partial charge in [0, 0.05) is 35.5 Å². The second-order valence-electron chi connectivity index (χ2n) is 9.48. The molecule has 7 nitrogen and oxygen atoms in total. The Balaban J connectivity index is 1.73. The average Bonchev–Trinajstić information content (AvgIpc) is 3.25. The quantitative estimate of drug-likeness (QED) is 0.574. The lowest BCUT2D eigenvalue weighted by atomic mass is 9.86. The van der Waals surface area contributed by atoms with Gasteiger partial charge in [-0.1, -0.05) is 20.8 Å². The molecule has 1 atom stereocenters. The third-order valence-electron chi connectivity index (χ3n) is 6.27. The molecule has 3 aromatic rings. The Hall–Kier alpha value is -2.61. The van der Waals surface area contributed by atoms with Gasteiger partial charge in [0.05, 0.1) is 29.8 Å². The molecule has 1 saturated heterocycles. The van der Waals surface area contributed by atoms with Crippen molar-refractivity contribution in [1.29, 1.82) is 0 Å². The molecule has 1 aliphatic rings. The van der Waals surface area contributed by atoms with Gasteiger partial charge in [-0.2, -0.15) is 0 Å². The van der Waals surface area contributed by atoms with Crippen molar-refractivity contribution in [2.45, 2.75) is 52.0 Å². The number of likely N-dealkylation sites (N-methyl/N-ethyl adjacent to an activating group) is 1. The number of sulfone groups is 1. The van der Waals surface area contributed by atoms with E-state index in [1.54, 1.807) is 19.4 Å². The minimum Gasteiger partial charge on any atom is -0.464 e. The highest BCUT2D eigenvalue weighted by atomic mass is 32.2. The molecule has 0 bridgehead atoms. The van der Waals surface area contributed by atoms with Crippen LogP contribution in [-0.2, 0) is 26.5 Å². The molecular formula is C23H27NO6S. The van der Waals surface area contributed by atoms with E-state index in [9.17, 15) is 18.0 Å². The normalized spacial score (nSPS) is 18.7. The molecule has 0 aliphatic carbocycles. The van der Waals surface area contributed by atoms with Crippen LogP contribution in [0, 0.1) is 6.92 Å². The standard InChI is InChI=1S/C23H27NO6S/c1-13-15-8-17-18(23(2,3)4)11-29-19(17)10-20(15)30-22(26)16(13)9-21(25)24(5)14-6-7-31(27,28)12-14/h8,10-11,14H,6-7,9,12H2,1-5H3/t14-/m0/s1. The average molecular weight is 446 g/mol. The summed E-state index contributed by atoms with van der Waals surface area (Å²) in [4.78, 5) is 27.0. The van der Waals surface area contributed by atoms with Crippen molar-refractivity contribution in [3.63, 3.8) is 0 Å². The van der Waals surface area contributed by atoms with Crippen molar-refractivity contribution in [3.8, 4) is 0 Å². The van der Waals surface area contributed by atoms with Gasteiger partial charge >= 0.3 is 5.63 Å². The summed E-state index contributed by atoms with van der Waals surface area (Å²) in [6, 6.07) is 3.31. The largest absolute Gasteiger partial charge is 0.464 e. The van der Waals surface area contributed by atoms with Crippen LogP contribution in [-0.4, -0.2) is 43.8 Å². The number of furan rings is 1. The SMILES string of the molecule is Cc1c(CC(=O)N(C)[C@H]2CCS(=O)(=O)C2)c(=O)oc2cc3occ(C(C)(C)C)c3cc12. The molecule has 1 aromatic carbocycles. The lowest BCUT2D eigenvalue weighted by Gasteiger charge is -2.23. The fraction of sp³-hybridized carbons (Fsp3) is 0.478. The second-order valence-corrected chi connectivity index (χ2v) is 11.7. The molecule has 1 amide bonds. The molecule has 0 spiro atoms. The lowest BCUT2D eigenvalue weighted by molar-refractivity contribution is -0.130. The first-order chi connectivity index (χ1) is 14.4. The van der Waals surface area contributed by atoms with E-state index in [1.807, 2.05) is 13.0 Å². The zero-order valence-corrected chi connectivity index (χ0v) is 19.3. The zero-order chi connectivity index (χ0) is 22.7. The summed E-state index contributed by atoms with van der Waals surface area (Å²) in [5.74, 6) is -0.241. The zero-order valence-electron chi connectivity index (χ0n) is 18.4. The van der Waals surface area contributed by atoms with Crippen LogP contribution in [0.1, 0.15) is 43.9 Å². The number of fused-ring (bicyclic) bond motifs is 2. The first-order valence-electron chi connectivity index (χ1n) is 10.3. The molecule has 0 radical (unpaired) electrons. The van der Waals surface area contributed by atoms with Crippen LogP contribution in [0.2, 0.25) is 0 Å². The van der Waals surface area contributed by atoms with Crippen molar-refractivity contribution in [2.24, 2.45) is 0 Å². The highest BCUT2D eigenvalue weighted by molar-refractivity contribution is 7.91. The molecule has 2 aromatic heterocycles. The van der Waals surface area contributed by atoms with Gasteiger partial charge in [-0.05, 0) is 30.4 Å². The number of rotatable bonds is 3. The Kier molecular flexibility index (Phi) is 5.04. The molecule has 1 aliphatic heterocycles. The molecule has 4 rings (SSSR count). The number of nitrogens with zero attached hydrogens (tertiary/aromatic N) is 1. The number of aryl methyl sites for hydroxylation is 1. The monoisotopic (exact) mass is 445 g/mol. The first-order valence-corrected chi connectivity index (χ1v) is 12.1. The van der Waals surface area contributed by atoms with Gasteiger partial charge in [0.1, 0.15) is 11.2 Å². The Labute approximate surface area is 180 Å². The number of hydrogen-bond donors (Lipinski definition) is 0. The lowest BCUT2D eigenvalue weighted by Crippen LogP contribution is -2.39. The summed E-state index contributed by atoms with van der Waals surface area (Å²) in [6.45, 7) is 8.11. The van der Waals surface area contributed by atoms with Crippen LogP contribution >= 0.6 is 0 Å². The van der Waals surface area contributed by atoms with Gasteiger partial charge in [-0.25, -0.2) is 13.2 Å². The summed E-state index contributed by atoms with van der Waals surface area (Å²) in [7, 11) is -1.51. The molecular weight excluding hydrogens is 418 g/mol. The molecule has 1 fully saturated rings. The van der Waals surface area contributed by atoms with Crippen molar-refractivity contribution >= 4 is 37.7 Å². The Morgan fingerprint density at radius 1 is 1.19 bits per heavy atom. The van der Waals surface area contributed by atoms with Crippen LogP contribution in [0.5, 0.6) is 0 Å². The summed E-state index contributed by atoms with van der Waals surface area (Å²) in [5, 5.41) is 1.70. The fourth-order valence-electron chi connectivity index (χ4n) is 4.26. The highest BCUT2D eigenvalue weighted by Gasteiger charge is 2.33. The van der Waals surface area contributed by atoms with Crippen LogP contribution in [0.15, 0.2) is 32.0 Å². The van der Waals surface area contributed by atoms with Gasteiger partial charge in [0.25, 0.3) is 0 Å². The van der Waals surface area contributed by atoms with Crippen LogP contribution in [0.4, 0.5) is 0 Å². The van der Waals surface area contributed by atoms with Crippen molar-refractivity contribution in [3.05, 3.63) is 45.5 Å². The summed E-state index contributed by atoms with van der Waals surface area (Å²) < 4.78 is 34.7. The molecule has 3 heterocycles. The number of carbonyl (C=O) groups is 1. The smallest absolute Gasteiger partial charge is 0.340 e. The van der Waals surface area contributed by atoms with Gasteiger partial charge in [0.2, 0.25) is 5.91 Å². The topological polar surface area (TPSA) is 97.8 Å². The molecule has 31 heavy (non-hydrogen) atoms. The van der Waals surface area contributed by atoms with Crippen molar-refractivity contribution < 1.29 is 22.0 Å². The highest BCUT2D eigenvalue weighted by Crippen LogP contribution is 2.35. The summed E-state index contributed by atoms with van der Waals surface area (Å²) in [5.41, 5.74) is 2.41. The predicted molar refractivity (Wildman–Crippen MR) is 119 cm³/mol. The number of benzene rings is 1. The summed E-state index contributed by atoms with van der Waals surface area (Å²) >= 11 is 0. The fourth-order valence-corrected chi connectivity index (χ4v) is 6.03. The molecule has 8 heteroatoms. The molecule has 0 saturated carbocycles. The molecule has 0 unspecified atom stereocenters. The van der Waals surface area contributed by atoms with Gasteiger partial charge in [-0.3, -0.25) is 4.79 Å². The maximum absolute atomic E-state index is 12.8. The summed E-state index contributed by atoms with van der Waals surface area (Å²) in [6.07, 6.45) is 2.02. The van der Waals surface area contributed by atoms with E-state index in [2.05, 4.69) is 20.8 Å². The van der Waals surface area contributed by atoms with E-state index in [4.69, 9.17) is 8.83 Å².